The Balaban J connectivity index is 2.31. The minimum absolute atomic E-state index is 0.713. The maximum absolute atomic E-state index is 7.23. The van der Waals surface area contributed by atoms with Crippen molar-refractivity contribution in [3.63, 3.8) is 0 Å². The number of imidazole rings is 1. The van der Waals surface area contributed by atoms with Gasteiger partial charge in [-0.2, -0.15) is 0 Å². The van der Waals surface area contributed by atoms with E-state index in [4.69, 9.17) is 11.6 Å². The van der Waals surface area contributed by atoms with Crippen molar-refractivity contribution in [1.29, 1.82) is 0 Å². The van der Waals surface area contributed by atoms with E-state index in [0.29, 0.717) is 0 Å². The number of nitrogens with zero attached hydrogens (tertiary/aromatic N) is 2. The number of hydrogen-bond donors (Lipinski definition) is 0. The number of aromatic nitrogens is 2. The Morgan fingerprint density at radius 2 is 1.38 bits per heavy atom. The normalized spacial score (nSPS) is 11.6. The summed E-state index contributed by atoms with van der Waals surface area (Å²) in [4.78, 5) is -0.713. The van der Waals surface area contributed by atoms with E-state index in [2.05, 4.69) is 33.4 Å². The molecule has 0 spiro atoms. The Kier molecular flexibility index (Phi) is 3.56. The Morgan fingerprint density at radius 1 is 0.905 bits per heavy atom. The molecule has 2 nitrogen and oxygen atoms in total. The molecular formula is C18H18ClN2+. The van der Waals surface area contributed by atoms with Crippen molar-refractivity contribution in [2.24, 2.45) is 14.1 Å². The highest BCUT2D eigenvalue weighted by molar-refractivity contribution is 6.27. The predicted octanol–water partition coefficient (Wildman–Crippen LogP) is 3.38. The maximum Gasteiger partial charge on any atom is 0.286 e. The van der Waals surface area contributed by atoms with Crippen LogP contribution in [0.25, 0.3) is 0 Å². The van der Waals surface area contributed by atoms with Crippen molar-refractivity contribution in [3.05, 3.63) is 90.0 Å². The molecule has 0 N–H and O–H groups in total. The van der Waals surface area contributed by atoms with Crippen LogP contribution in [0.2, 0.25) is 0 Å². The Bertz CT molecular complexity index is 673. The van der Waals surface area contributed by atoms with E-state index in [-0.39, 0.29) is 0 Å². The van der Waals surface area contributed by atoms with E-state index in [1.54, 1.807) is 0 Å². The molecule has 0 fully saturated rings. The molecule has 0 saturated heterocycles. The number of benzene rings is 2. The van der Waals surface area contributed by atoms with Crippen LogP contribution in [-0.2, 0) is 19.0 Å². The number of aryl methyl sites for hydroxylation is 2. The number of alkyl halides is 1. The lowest BCUT2D eigenvalue weighted by molar-refractivity contribution is -0.680. The molecule has 3 rings (SSSR count). The van der Waals surface area contributed by atoms with Crippen LogP contribution in [0.3, 0.4) is 0 Å². The van der Waals surface area contributed by atoms with E-state index in [9.17, 15) is 0 Å². The summed E-state index contributed by atoms with van der Waals surface area (Å²) in [7, 11) is 4.05. The minimum atomic E-state index is -0.713. The topological polar surface area (TPSA) is 8.81 Å². The standard InChI is InChI=1S/C18H18ClN2/c1-20-13-14-21(2)17(20)18(19,15-9-5-3-6-10-15)16-11-7-4-8-12-16/h3-14H,1-2H3/q+1. The molecule has 106 valence electrons. The van der Waals surface area contributed by atoms with Gasteiger partial charge in [0.25, 0.3) is 5.82 Å². The number of rotatable bonds is 3. The van der Waals surface area contributed by atoms with Gasteiger partial charge in [-0.3, -0.25) is 0 Å². The number of halogens is 1. The van der Waals surface area contributed by atoms with Crippen molar-refractivity contribution >= 4 is 11.6 Å². The molecule has 3 aromatic rings. The van der Waals surface area contributed by atoms with Gasteiger partial charge in [0.1, 0.15) is 12.4 Å². The zero-order chi connectivity index (χ0) is 14.9. The van der Waals surface area contributed by atoms with Crippen LogP contribution in [0.5, 0.6) is 0 Å². The van der Waals surface area contributed by atoms with Crippen LogP contribution in [0, 0.1) is 0 Å². The van der Waals surface area contributed by atoms with Crippen LogP contribution in [-0.4, -0.2) is 4.57 Å². The molecule has 0 atom stereocenters. The second kappa shape index (κ2) is 5.38. The van der Waals surface area contributed by atoms with Gasteiger partial charge in [-0.25, -0.2) is 9.13 Å². The fourth-order valence-corrected chi connectivity index (χ4v) is 3.36. The zero-order valence-corrected chi connectivity index (χ0v) is 13.0. The third-order valence-electron chi connectivity index (χ3n) is 3.83. The van der Waals surface area contributed by atoms with Gasteiger partial charge in [-0.1, -0.05) is 72.3 Å². The molecule has 1 aromatic heterocycles. The van der Waals surface area contributed by atoms with Crippen LogP contribution in [0.4, 0.5) is 0 Å². The fourth-order valence-electron chi connectivity index (χ4n) is 2.84. The molecule has 0 aliphatic carbocycles. The molecular weight excluding hydrogens is 280 g/mol. The molecule has 0 unspecified atom stereocenters. The van der Waals surface area contributed by atoms with Crippen molar-refractivity contribution in [3.8, 4) is 0 Å². The van der Waals surface area contributed by atoms with Gasteiger partial charge in [-0.15, -0.1) is 0 Å². The van der Waals surface area contributed by atoms with Gasteiger partial charge in [0.05, 0.1) is 14.1 Å². The average molecular weight is 298 g/mol. The van der Waals surface area contributed by atoms with Crippen LogP contribution < -0.4 is 4.57 Å². The SMILES string of the molecule is Cn1cc[n+](C)c1C(Cl)(c1ccccc1)c1ccccc1. The van der Waals surface area contributed by atoms with Crippen molar-refractivity contribution in [2.45, 2.75) is 4.87 Å². The van der Waals surface area contributed by atoms with E-state index >= 15 is 0 Å². The lowest BCUT2D eigenvalue weighted by Crippen LogP contribution is -2.41. The Labute approximate surface area is 130 Å². The highest BCUT2D eigenvalue weighted by Crippen LogP contribution is 2.41. The lowest BCUT2D eigenvalue weighted by Gasteiger charge is -2.25. The van der Waals surface area contributed by atoms with Crippen molar-refractivity contribution in [1.82, 2.24) is 4.57 Å². The zero-order valence-electron chi connectivity index (χ0n) is 12.2. The van der Waals surface area contributed by atoms with Crippen LogP contribution in [0.1, 0.15) is 17.0 Å². The predicted molar refractivity (Wildman–Crippen MR) is 85.2 cm³/mol. The summed E-state index contributed by atoms with van der Waals surface area (Å²) in [6.45, 7) is 0. The third-order valence-corrected chi connectivity index (χ3v) is 4.44. The van der Waals surface area contributed by atoms with Gasteiger partial charge in [0.2, 0.25) is 0 Å². The van der Waals surface area contributed by atoms with Gasteiger partial charge in [0.15, 0.2) is 4.87 Å². The van der Waals surface area contributed by atoms with E-state index in [1.165, 1.54) is 0 Å². The molecule has 2 aromatic carbocycles. The highest BCUT2D eigenvalue weighted by Gasteiger charge is 2.43. The monoisotopic (exact) mass is 297 g/mol. The summed E-state index contributed by atoms with van der Waals surface area (Å²) < 4.78 is 4.15. The molecule has 0 aliphatic heterocycles. The Hall–Kier alpha value is -2.06. The first-order chi connectivity index (χ1) is 10.1. The van der Waals surface area contributed by atoms with Crippen molar-refractivity contribution in [2.75, 3.05) is 0 Å². The lowest BCUT2D eigenvalue weighted by atomic mass is 9.89. The highest BCUT2D eigenvalue weighted by atomic mass is 35.5. The van der Waals surface area contributed by atoms with Crippen LogP contribution in [0.15, 0.2) is 73.1 Å². The van der Waals surface area contributed by atoms with Crippen molar-refractivity contribution < 1.29 is 4.57 Å². The van der Waals surface area contributed by atoms with E-state index in [0.717, 1.165) is 17.0 Å². The second-order valence-corrected chi connectivity index (χ2v) is 5.80. The molecule has 0 bridgehead atoms. The quantitative estimate of drug-likeness (QED) is 0.518. The smallest absolute Gasteiger partial charge is 0.235 e. The summed E-state index contributed by atoms with van der Waals surface area (Å²) in [5.41, 5.74) is 2.13. The van der Waals surface area contributed by atoms with Gasteiger partial charge < -0.3 is 0 Å². The third kappa shape index (κ3) is 2.26. The van der Waals surface area contributed by atoms with E-state index < -0.39 is 4.87 Å². The number of hydrogen-bond acceptors (Lipinski definition) is 0. The molecule has 1 heterocycles. The Morgan fingerprint density at radius 3 is 1.76 bits per heavy atom. The summed E-state index contributed by atoms with van der Waals surface area (Å²) in [5.74, 6) is 1.03. The first kappa shape index (κ1) is 13.9. The minimum Gasteiger partial charge on any atom is -0.235 e. The largest absolute Gasteiger partial charge is 0.286 e. The summed E-state index contributed by atoms with van der Waals surface area (Å²) in [5, 5.41) is 0. The molecule has 0 saturated carbocycles. The molecule has 0 amide bonds. The van der Waals surface area contributed by atoms with Gasteiger partial charge in [-0.05, 0) is 11.1 Å². The molecule has 0 aliphatic rings. The molecule has 21 heavy (non-hydrogen) atoms. The van der Waals surface area contributed by atoms with Crippen LogP contribution >= 0.6 is 11.6 Å². The van der Waals surface area contributed by atoms with Gasteiger partial charge >= 0.3 is 0 Å². The molecule has 3 heteroatoms. The summed E-state index contributed by atoms with van der Waals surface area (Å²) in [6, 6.07) is 20.4. The second-order valence-electron chi connectivity index (χ2n) is 5.23. The first-order valence-corrected chi connectivity index (χ1v) is 7.33. The molecule has 0 radical (unpaired) electrons. The summed E-state index contributed by atoms with van der Waals surface area (Å²) >= 11 is 7.23. The van der Waals surface area contributed by atoms with E-state index in [1.807, 2.05) is 62.9 Å². The fraction of sp³-hybridized carbons (Fsp3) is 0.167. The maximum atomic E-state index is 7.23. The first-order valence-electron chi connectivity index (χ1n) is 6.95. The average Bonchev–Trinajstić information content (AvgIpc) is 2.88. The summed E-state index contributed by atoms with van der Waals surface area (Å²) in [6.07, 6.45) is 4.05. The van der Waals surface area contributed by atoms with Gasteiger partial charge in [0, 0.05) is 0 Å².